The molecule has 0 radical (unpaired) electrons. The zero-order valence-corrected chi connectivity index (χ0v) is 7.78. The van der Waals surface area contributed by atoms with Crippen molar-refractivity contribution in [1.82, 2.24) is 0 Å². The van der Waals surface area contributed by atoms with Gasteiger partial charge in [-0.2, -0.15) is 0 Å². The monoisotopic (exact) mass is 176 g/mol. The van der Waals surface area contributed by atoms with Crippen LogP contribution in [0.3, 0.4) is 0 Å². The van der Waals surface area contributed by atoms with Crippen LogP contribution in [-0.4, -0.2) is 5.97 Å². The number of ether oxygens (including phenoxy) is 1. The van der Waals surface area contributed by atoms with Crippen LogP contribution in [0.1, 0.15) is 19.4 Å². The molecule has 2 heteroatoms. The van der Waals surface area contributed by atoms with E-state index in [0.717, 1.165) is 5.56 Å². The highest BCUT2D eigenvalue weighted by Crippen LogP contribution is 2.14. The predicted molar refractivity (Wildman–Crippen MR) is 51.9 cm³/mol. The molecule has 0 unspecified atom stereocenters. The van der Waals surface area contributed by atoms with Gasteiger partial charge in [0.25, 0.3) is 0 Å². The Kier molecular flexibility index (Phi) is 3.26. The van der Waals surface area contributed by atoms with E-state index < -0.39 is 0 Å². The van der Waals surface area contributed by atoms with Crippen LogP contribution >= 0.6 is 0 Å². The Hall–Kier alpha value is -1.57. The van der Waals surface area contributed by atoms with Gasteiger partial charge in [0.15, 0.2) is 0 Å². The van der Waals surface area contributed by atoms with Crippen molar-refractivity contribution in [2.75, 3.05) is 0 Å². The first-order valence-electron chi connectivity index (χ1n) is 4.14. The van der Waals surface area contributed by atoms with Gasteiger partial charge in [-0.15, -0.1) is 0 Å². The smallest absolute Gasteiger partial charge is 0.308 e. The summed E-state index contributed by atoms with van der Waals surface area (Å²) >= 11 is 0. The summed E-state index contributed by atoms with van der Waals surface area (Å²) in [6.07, 6.45) is 1.77. The number of carbonyl (C=O) groups excluding carboxylic acids is 1. The van der Waals surface area contributed by atoms with Gasteiger partial charge < -0.3 is 4.74 Å². The summed E-state index contributed by atoms with van der Waals surface area (Å²) in [7, 11) is 0. The molecule has 0 aliphatic carbocycles. The molecule has 0 aliphatic heterocycles. The molecular formula is C11H12O2. The quantitative estimate of drug-likeness (QED) is 0.511. The SMILES string of the molecule is CC=C(OC(C)=O)c1ccccc1. The number of benzene rings is 1. The van der Waals surface area contributed by atoms with Gasteiger partial charge in [0, 0.05) is 12.5 Å². The topological polar surface area (TPSA) is 26.3 Å². The third kappa shape index (κ3) is 2.75. The minimum atomic E-state index is -0.294. The Bertz CT molecular complexity index is 312. The van der Waals surface area contributed by atoms with Crippen LogP contribution in [0.2, 0.25) is 0 Å². The van der Waals surface area contributed by atoms with E-state index in [0.29, 0.717) is 5.76 Å². The lowest BCUT2D eigenvalue weighted by molar-refractivity contribution is -0.134. The highest BCUT2D eigenvalue weighted by Gasteiger charge is 2.02. The molecule has 0 bridgehead atoms. The molecule has 1 aromatic rings. The molecule has 0 fully saturated rings. The number of allylic oxidation sites excluding steroid dienone is 1. The lowest BCUT2D eigenvalue weighted by atomic mass is 10.2. The first-order valence-corrected chi connectivity index (χ1v) is 4.14. The summed E-state index contributed by atoms with van der Waals surface area (Å²) in [5, 5.41) is 0. The van der Waals surface area contributed by atoms with Crippen LogP contribution in [0.5, 0.6) is 0 Å². The zero-order chi connectivity index (χ0) is 9.68. The molecule has 1 aromatic carbocycles. The lowest BCUT2D eigenvalue weighted by Crippen LogP contribution is -1.97. The van der Waals surface area contributed by atoms with Crippen molar-refractivity contribution < 1.29 is 9.53 Å². The van der Waals surface area contributed by atoms with Gasteiger partial charge in [-0.1, -0.05) is 30.3 Å². The van der Waals surface area contributed by atoms with Gasteiger partial charge in [-0.3, -0.25) is 4.79 Å². The Morgan fingerprint density at radius 3 is 2.38 bits per heavy atom. The van der Waals surface area contributed by atoms with Crippen molar-refractivity contribution in [1.29, 1.82) is 0 Å². The minimum absolute atomic E-state index is 0.294. The fraction of sp³-hybridized carbons (Fsp3) is 0.182. The van der Waals surface area contributed by atoms with E-state index in [9.17, 15) is 4.79 Å². The van der Waals surface area contributed by atoms with Crippen molar-refractivity contribution in [2.24, 2.45) is 0 Å². The molecule has 13 heavy (non-hydrogen) atoms. The zero-order valence-electron chi connectivity index (χ0n) is 7.78. The van der Waals surface area contributed by atoms with Crippen molar-refractivity contribution in [3.05, 3.63) is 42.0 Å². The van der Waals surface area contributed by atoms with Gasteiger partial charge in [0.05, 0.1) is 0 Å². The molecule has 0 spiro atoms. The molecule has 1 rings (SSSR count). The third-order valence-electron chi connectivity index (χ3n) is 1.57. The summed E-state index contributed by atoms with van der Waals surface area (Å²) in [6, 6.07) is 9.53. The van der Waals surface area contributed by atoms with Crippen LogP contribution in [0.15, 0.2) is 36.4 Å². The second-order valence-corrected chi connectivity index (χ2v) is 2.61. The molecule has 0 atom stereocenters. The van der Waals surface area contributed by atoms with Gasteiger partial charge in [-0.25, -0.2) is 0 Å². The summed E-state index contributed by atoms with van der Waals surface area (Å²) in [5.74, 6) is 0.310. The molecule has 0 aliphatic rings. The van der Waals surface area contributed by atoms with E-state index >= 15 is 0 Å². The fourth-order valence-corrected chi connectivity index (χ4v) is 1.04. The summed E-state index contributed by atoms with van der Waals surface area (Å²) < 4.78 is 5.01. The molecule has 0 heterocycles. The predicted octanol–water partition coefficient (Wildman–Crippen LogP) is 2.61. The van der Waals surface area contributed by atoms with Crippen molar-refractivity contribution in [3.63, 3.8) is 0 Å². The maximum absolute atomic E-state index is 10.7. The second-order valence-electron chi connectivity index (χ2n) is 2.61. The van der Waals surface area contributed by atoms with E-state index in [2.05, 4.69) is 0 Å². The molecule has 0 saturated carbocycles. The van der Waals surface area contributed by atoms with E-state index in [1.165, 1.54) is 6.92 Å². The van der Waals surface area contributed by atoms with E-state index in [4.69, 9.17) is 4.74 Å². The molecule has 0 N–H and O–H groups in total. The van der Waals surface area contributed by atoms with Gasteiger partial charge in [0.2, 0.25) is 0 Å². The van der Waals surface area contributed by atoms with Gasteiger partial charge in [-0.05, 0) is 13.0 Å². The number of hydrogen-bond donors (Lipinski definition) is 0. The Labute approximate surface area is 77.8 Å². The maximum Gasteiger partial charge on any atom is 0.308 e. The molecule has 68 valence electrons. The van der Waals surface area contributed by atoms with Crippen LogP contribution in [-0.2, 0) is 9.53 Å². The third-order valence-corrected chi connectivity index (χ3v) is 1.57. The maximum atomic E-state index is 10.7. The number of carbonyl (C=O) groups is 1. The van der Waals surface area contributed by atoms with Crippen LogP contribution in [0, 0.1) is 0 Å². The summed E-state index contributed by atoms with van der Waals surface area (Å²) in [6.45, 7) is 3.23. The Morgan fingerprint density at radius 1 is 1.31 bits per heavy atom. The standard InChI is InChI=1S/C11H12O2/c1-3-11(13-9(2)12)10-7-5-4-6-8-10/h3-8H,1-2H3. The average Bonchev–Trinajstić information content (AvgIpc) is 2.15. The molecule has 0 amide bonds. The van der Waals surface area contributed by atoms with Crippen LogP contribution < -0.4 is 0 Å². The first-order chi connectivity index (χ1) is 6.24. The summed E-state index contributed by atoms with van der Waals surface area (Å²) in [4.78, 5) is 10.7. The largest absolute Gasteiger partial charge is 0.426 e. The normalized spacial score (nSPS) is 11.1. The summed E-state index contributed by atoms with van der Waals surface area (Å²) in [5.41, 5.74) is 0.917. The van der Waals surface area contributed by atoms with E-state index in [-0.39, 0.29) is 5.97 Å². The average molecular weight is 176 g/mol. The number of esters is 1. The van der Waals surface area contributed by atoms with Crippen LogP contribution in [0.25, 0.3) is 5.76 Å². The Morgan fingerprint density at radius 2 is 1.92 bits per heavy atom. The fourth-order valence-electron chi connectivity index (χ4n) is 1.04. The molecule has 2 nitrogen and oxygen atoms in total. The van der Waals surface area contributed by atoms with Crippen molar-refractivity contribution in [2.45, 2.75) is 13.8 Å². The molecule has 0 saturated heterocycles. The van der Waals surface area contributed by atoms with Gasteiger partial charge >= 0.3 is 5.97 Å². The number of hydrogen-bond acceptors (Lipinski definition) is 2. The number of rotatable bonds is 2. The van der Waals surface area contributed by atoms with Gasteiger partial charge in [0.1, 0.15) is 5.76 Å². The van der Waals surface area contributed by atoms with Crippen LogP contribution in [0.4, 0.5) is 0 Å². The highest BCUT2D eigenvalue weighted by molar-refractivity contribution is 5.75. The second kappa shape index (κ2) is 4.45. The van der Waals surface area contributed by atoms with E-state index in [1.807, 2.05) is 37.3 Å². The lowest BCUT2D eigenvalue weighted by Gasteiger charge is -2.05. The first kappa shape index (κ1) is 9.52. The highest BCUT2D eigenvalue weighted by atomic mass is 16.5. The van der Waals surface area contributed by atoms with E-state index in [1.54, 1.807) is 6.08 Å². The molecular weight excluding hydrogens is 164 g/mol. The minimum Gasteiger partial charge on any atom is -0.426 e. The Balaban J connectivity index is 2.86. The molecule has 0 aromatic heterocycles. The van der Waals surface area contributed by atoms with Crippen molar-refractivity contribution >= 4 is 11.7 Å². The van der Waals surface area contributed by atoms with Crippen molar-refractivity contribution in [3.8, 4) is 0 Å².